The molecule has 164 valence electrons. The average molecular weight is 425 g/mol. The first-order valence-electron chi connectivity index (χ1n) is 10.5. The van der Waals surface area contributed by atoms with Gasteiger partial charge in [0.2, 0.25) is 0 Å². The molecule has 3 aromatic heterocycles. The van der Waals surface area contributed by atoms with Gasteiger partial charge < -0.3 is 19.1 Å². The van der Waals surface area contributed by atoms with Gasteiger partial charge in [-0.1, -0.05) is 6.07 Å². The summed E-state index contributed by atoms with van der Waals surface area (Å²) >= 11 is 0. The highest BCUT2D eigenvalue weighted by Crippen LogP contribution is 2.14. The average Bonchev–Trinajstić information content (AvgIpc) is 2.76. The number of pyridine rings is 2. The standard InChI is InChI=1S/C22H28N6O3/c1-15-6-4-7-28-19(15)24-20-17(22(28)30)14-16(18(23)27(20)8-5-13-31-3)21(29)26-11-9-25(2)10-12-26/h4,6-7,14,23H,5,8-13H2,1-3H3. The summed E-state index contributed by atoms with van der Waals surface area (Å²) in [5.74, 6) is -0.214. The number of nitrogens with zero attached hydrogens (tertiary/aromatic N) is 5. The van der Waals surface area contributed by atoms with Gasteiger partial charge in [0.1, 0.15) is 16.8 Å². The van der Waals surface area contributed by atoms with Crippen molar-refractivity contribution in [3.8, 4) is 0 Å². The molecule has 0 saturated carbocycles. The molecular weight excluding hydrogens is 396 g/mol. The Morgan fingerprint density at radius 1 is 1.23 bits per heavy atom. The Bertz CT molecular complexity index is 1250. The van der Waals surface area contributed by atoms with Crippen molar-refractivity contribution >= 4 is 22.6 Å². The monoisotopic (exact) mass is 424 g/mol. The molecule has 4 rings (SSSR count). The van der Waals surface area contributed by atoms with Crippen molar-refractivity contribution in [1.29, 1.82) is 5.41 Å². The number of ether oxygens (including phenoxy) is 1. The normalized spacial score (nSPS) is 15.1. The number of nitrogens with one attached hydrogen (secondary N) is 1. The van der Waals surface area contributed by atoms with E-state index in [1.807, 2.05) is 20.0 Å². The molecule has 0 aromatic carbocycles. The highest BCUT2D eigenvalue weighted by Gasteiger charge is 2.24. The van der Waals surface area contributed by atoms with Gasteiger partial charge in [-0.05, 0) is 38.1 Å². The lowest BCUT2D eigenvalue weighted by molar-refractivity contribution is 0.0661. The van der Waals surface area contributed by atoms with Crippen LogP contribution < -0.4 is 11.0 Å². The number of amides is 1. The highest BCUT2D eigenvalue weighted by atomic mass is 16.5. The maximum atomic E-state index is 13.3. The van der Waals surface area contributed by atoms with Gasteiger partial charge >= 0.3 is 0 Å². The number of carbonyl (C=O) groups excluding carboxylic acids is 1. The van der Waals surface area contributed by atoms with Crippen molar-refractivity contribution in [1.82, 2.24) is 23.8 Å². The number of rotatable bonds is 5. The fraction of sp³-hybridized carbons (Fsp3) is 0.455. The number of aryl methyl sites for hydroxylation is 2. The molecule has 1 N–H and O–H groups in total. The third kappa shape index (κ3) is 3.86. The molecule has 0 unspecified atom stereocenters. The van der Waals surface area contributed by atoms with E-state index in [4.69, 9.17) is 15.1 Å². The second-order valence-electron chi connectivity index (χ2n) is 8.04. The summed E-state index contributed by atoms with van der Waals surface area (Å²) in [6.45, 7) is 5.62. The maximum Gasteiger partial charge on any atom is 0.267 e. The molecule has 1 amide bonds. The number of fused-ring (bicyclic) bond motifs is 2. The second kappa shape index (κ2) is 8.60. The molecule has 1 aliphatic rings. The lowest BCUT2D eigenvalue weighted by Crippen LogP contribution is -2.48. The minimum atomic E-state index is -0.239. The molecule has 0 atom stereocenters. The number of hydrogen-bond acceptors (Lipinski definition) is 6. The zero-order valence-electron chi connectivity index (χ0n) is 18.2. The van der Waals surface area contributed by atoms with Crippen molar-refractivity contribution < 1.29 is 9.53 Å². The van der Waals surface area contributed by atoms with Crippen molar-refractivity contribution in [3.05, 3.63) is 51.4 Å². The highest BCUT2D eigenvalue weighted by molar-refractivity contribution is 5.97. The summed E-state index contributed by atoms with van der Waals surface area (Å²) in [6, 6.07) is 5.25. The SMILES string of the molecule is COCCCn1c(=N)c(C(=O)N2CCN(C)CC2)cc2c(=O)n3cccc(C)c3nc21. The van der Waals surface area contributed by atoms with Crippen LogP contribution in [0.15, 0.2) is 29.2 Å². The third-order valence-electron chi connectivity index (χ3n) is 5.88. The molecule has 1 saturated heterocycles. The molecule has 0 radical (unpaired) electrons. The first-order valence-corrected chi connectivity index (χ1v) is 10.5. The molecule has 1 aliphatic heterocycles. The quantitative estimate of drug-likeness (QED) is 0.484. The first kappa shape index (κ1) is 21.2. The van der Waals surface area contributed by atoms with Gasteiger partial charge in [0, 0.05) is 52.6 Å². The Morgan fingerprint density at radius 3 is 2.68 bits per heavy atom. The van der Waals surface area contributed by atoms with E-state index >= 15 is 0 Å². The van der Waals surface area contributed by atoms with Gasteiger partial charge in [0.15, 0.2) is 0 Å². The number of piperazine rings is 1. The van der Waals surface area contributed by atoms with Gasteiger partial charge in [-0.25, -0.2) is 4.98 Å². The lowest BCUT2D eigenvalue weighted by Gasteiger charge is -2.32. The molecule has 0 spiro atoms. The Labute approximate surface area is 180 Å². The maximum absolute atomic E-state index is 13.3. The van der Waals surface area contributed by atoms with E-state index in [1.54, 1.807) is 34.9 Å². The fourth-order valence-electron chi connectivity index (χ4n) is 4.02. The van der Waals surface area contributed by atoms with E-state index in [9.17, 15) is 9.59 Å². The molecule has 31 heavy (non-hydrogen) atoms. The number of methoxy groups -OCH3 is 1. The van der Waals surface area contributed by atoms with Crippen LogP contribution in [0.1, 0.15) is 22.3 Å². The Balaban J connectivity index is 1.93. The van der Waals surface area contributed by atoms with Gasteiger partial charge in [-0.15, -0.1) is 0 Å². The summed E-state index contributed by atoms with van der Waals surface area (Å²) < 4.78 is 8.35. The number of carbonyl (C=O) groups is 1. The van der Waals surface area contributed by atoms with Crippen molar-refractivity contribution in [3.63, 3.8) is 0 Å². The Kier molecular flexibility index (Phi) is 5.88. The molecule has 0 aliphatic carbocycles. The zero-order chi connectivity index (χ0) is 22.1. The van der Waals surface area contributed by atoms with Gasteiger partial charge in [-0.3, -0.25) is 19.4 Å². The minimum Gasteiger partial charge on any atom is -0.385 e. The fourth-order valence-corrected chi connectivity index (χ4v) is 4.02. The summed E-state index contributed by atoms with van der Waals surface area (Å²) in [5, 5.41) is 9.14. The van der Waals surface area contributed by atoms with Crippen LogP contribution in [-0.4, -0.2) is 76.6 Å². The van der Waals surface area contributed by atoms with Crippen LogP contribution in [0.25, 0.3) is 16.7 Å². The van der Waals surface area contributed by atoms with Crippen molar-refractivity contribution in [2.45, 2.75) is 19.9 Å². The summed E-state index contributed by atoms with van der Waals surface area (Å²) in [4.78, 5) is 35.3. The van der Waals surface area contributed by atoms with Crippen LogP contribution in [0, 0.1) is 12.3 Å². The molecule has 9 nitrogen and oxygen atoms in total. The minimum absolute atomic E-state index is 0.0809. The van der Waals surface area contributed by atoms with E-state index < -0.39 is 0 Å². The topological polar surface area (TPSA) is 95.9 Å². The van der Waals surface area contributed by atoms with Crippen LogP contribution in [0.4, 0.5) is 0 Å². The van der Waals surface area contributed by atoms with Crippen molar-refractivity contribution in [2.75, 3.05) is 46.9 Å². The molecule has 4 heterocycles. The van der Waals surface area contributed by atoms with Crippen LogP contribution in [-0.2, 0) is 11.3 Å². The zero-order valence-corrected chi connectivity index (χ0v) is 18.2. The van der Waals surface area contributed by atoms with Crippen LogP contribution in [0.3, 0.4) is 0 Å². The van der Waals surface area contributed by atoms with Gasteiger partial charge in [0.25, 0.3) is 11.5 Å². The number of likely N-dealkylation sites (N-methyl/N-ethyl adjacent to an activating group) is 1. The van der Waals surface area contributed by atoms with Crippen LogP contribution >= 0.6 is 0 Å². The molecule has 3 aromatic rings. The van der Waals surface area contributed by atoms with E-state index in [0.29, 0.717) is 49.3 Å². The van der Waals surface area contributed by atoms with Crippen molar-refractivity contribution in [2.24, 2.45) is 0 Å². The predicted molar refractivity (Wildman–Crippen MR) is 117 cm³/mol. The van der Waals surface area contributed by atoms with Crippen LogP contribution in [0.2, 0.25) is 0 Å². The summed E-state index contributed by atoms with van der Waals surface area (Å²) in [5.41, 5.74) is 1.93. The summed E-state index contributed by atoms with van der Waals surface area (Å²) in [6.07, 6.45) is 2.33. The van der Waals surface area contributed by atoms with E-state index in [0.717, 1.165) is 18.7 Å². The Hall–Kier alpha value is -3.04. The summed E-state index contributed by atoms with van der Waals surface area (Å²) in [7, 11) is 3.65. The van der Waals surface area contributed by atoms with E-state index in [2.05, 4.69) is 4.90 Å². The number of hydrogen-bond donors (Lipinski definition) is 1. The lowest BCUT2D eigenvalue weighted by atomic mass is 10.1. The first-order chi connectivity index (χ1) is 14.9. The second-order valence-corrected chi connectivity index (χ2v) is 8.04. The molecule has 1 fully saturated rings. The van der Waals surface area contributed by atoms with E-state index in [1.165, 1.54) is 4.40 Å². The molecule has 0 bridgehead atoms. The van der Waals surface area contributed by atoms with Crippen LogP contribution in [0.5, 0.6) is 0 Å². The van der Waals surface area contributed by atoms with E-state index in [-0.39, 0.29) is 22.5 Å². The Morgan fingerprint density at radius 2 is 1.97 bits per heavy atom. The largest absolute Gasteiger partial charge is 0.385 e. The molecule has 9 heteroatoms. The predicted octanol–water partition coefficient (Wildman–Crippen LogP) is 0.861. The van der Waals surface area contributed by atoms with Gasteiger partial charge in [0.05, 0.1) is 10.9 Å². The third-order valence-corrected chi connectivity index (χ3v) is 5.88. The molecular formula is C22H28N6O3. The number of aromatic nitrogens is 3. The smallest absolute Gasteiger partial charge is 0.267 e. The van der Waals surface area contributed by atoms with Gasteiger partial charge in [-0.2, -0.15) is 0 Å².